The third-order valence-electron chi connectivity index (χ3n) is 3.01. The maximum atomic E-state index is 11.8. The summed E-state index contributed by atoms with van der Waals surface area (Å²) < 4.78 is 10.4. The minimum absolute atomic E-state index is 0.0944. The molecule has 0 unspecified atom stereocenters. The number of carbonyl (C=O) groups is 2. The molecule has 1 aromatic heterocycles. The number of hydrogen-bond donors (Lipinski definition) is 2. The zero-order valence-electron chi connectivity index (χ0n) is 10.8. The second-order valence-electron chi connectivity index (χ2n) is 4.55. The topological polar surface area (TPSA) is 80.6 Å². The molecule has 0 spiro atoms. The van der Waals surface area contributed by atoms with E-state index in [0.29, 0.717) is 6.54 Å². The van der Waals surface area contributed by atoms with E-state index in [-0.39, 0.29) is 17.8 Å². The normalized spacial score (nSPS) is 19.9. The van der Waals surface area contributed by atoms with Crippen molar-refractivity contribution in [1.29, 1.82) is 0 Å². The fourth-order valence-electron chi connectivity index (χ4n) is 1.91. The van der Waals surface area contributed by atoms with Crippen LogP contribution in [0.15, 0.2) is 22.8 Å². The standard InChI is InChI=1S/C13H18N2O4/c1-9(15-13(17)11-5-3-7-19-11)12(16)14-8-10-4-2-6-18-10/h3,5,7,9-10H,2,4,6,8H2,1H3,(H,14,16)(H,15,17)/t9-,10-/m1/s1. The van der Waals surface area contributed by atoms with E-state index in [1.165, 1.54) is 6.26 Å². The Kier molecular flexibility index (Phi) is 4.57. The van der Waals surface area contributed by atoms with E-state index in [0.717, 1.165) is 19.4 Å². The number of rotatable bonds is 5. The summed E-state index contributed by atoms with van der Waals surface area (Å²) in [6.07, 6.45) is 3.51. The maximum absolute atomic E-state index is 11.8. The minimum Gasteiger partial charge on any atom is -0.459 e. The van der Waals surface area contributed by atoms with Crippen LogP contribution in [-0.2, 0) is 9.53 Å². The second kappa shape index (κ2) is 6.38. The lowest BCUT2D eigenvalue weighted by molar-refractivity contribution is -0.123. The number of amides is 2. The first-order valence-corrected chi connectivity index (χ1v) is 6.40. The van der Waals surface area contributed by atoms with Crippen LogP contribution in [0, 0.1) is 0 Å². The van der Waals surface area contributed by atoms with Crippen LogP contribution in [0.1, 0.15) is 30.3 Å². The molecule has 6 nitrogen and oxygen atoms in total. The van der Waals surface area contributed by atoms with E-state index < -0.39 is 11.9 Å². The van der Waals surface area contributed by atoms with Gasteiger partial charge in [0.15, 0.2) is 5.76 Å². The molecular formula is C13H18N2O4. The van der Waals surface area contributed by atoms with Crippen molar-refractivity contribution in [3.63, 3.8) is 0 Å². The van der Waals surface area contributed by atoms with Crippen molar-refractivity contribution in [3.8, 4) is 0 Å². The van der Waals surface area contributed by atoms with Crippen LogP contribution in [0.25, 0.3) is 0 Å². The Bertz CT molecular complexity index is 424. The van der Waals surface area contributed by atoms with Gasteiger partial charge in [0.25, 0.3) is 5.91 Å². The van der Waals surface area contributed by atoms with Gasteiger partial charge in [0.1, 0.15) is 6.04 Å². The van der Waals surface area contributed by atoms with Crippen LogP contribution < -0.4 is 10.6 Å². The molecule has 0 saturated carbocycles. The molecule has 0 radical (unpaired) electrons. The van der Waals surface area contributed by atoms with Crippen LogP contribution in [0.5, 0.6) is 0 Å². The van der Waals surface area contributed by atoms with Gasteiger partial charge in [-0.1, -0.05) is 0 Å². The van der Waals surface area contributed by atoms with E-state index in [9.17, 15) is 9.59 Å². The van der Waals surface area contributed by atoms with E-state index >= 15 is 0 Å². The van der Waals surface area contributed by atoms with Gasteiger partial charge in [0.2, 0.25) is 5.91 Å². The van der Waals surface area contributed by atoms with Gasteiger partial charge in [0, 0.05) is 13.2 Å². The Morgan fingerprint density at radius 3 is 3.00 bits per heavy atom. The minimum atomic E-state index is -0.612. The van der Waals surface area contributed by atoms with E-state index in [1.807, 2.05) is 0 Å². The highest BCUT2D eigenvalue weighted by Crippen LogP contribution is 2.10. The zero-order valence-corrected chi connectivity index (χ0v) is 10.8. The molecule has 1 aliphatic rings. The molecule has 1 aromatic rings. The van der Waals surface area contributed by atoms with Crippen LogP contribution >= 0.6 is 0 Å². The summed E-state index contributed by atoms with van der Waals surface area (Å²) in [7, 11) is 0. The molecule has 0 aliphatic carbocycles. The lowest BCUT2D eigenvalue weighted by atomic mass is 10.2. The largest absolute Gasteiger partial charge is 0.459 e. The van der Waals surface area contributed by atoms with Gasteiger partial charge in [-0.3, -0.25) is 9.59 Å². The van der Waals surface area contributed by atoms with E-state index in [1.54, 1.807) is 19.1 Å². The first-order chi connectivity index (χ1) is 9.16. The average Bonchev–Trinajstić information content (AvgIpc) is 3.08. The van der Waals surface area contributed by atoms with Crippen molar-refractivity contribution < 1.29 is 18.7 Å². The fourth-order valence-corrected chi connectivity index (χ4v) is 1.91. The lowest BCUT2D eigenvalue weighted by Crippen LogP contribution is -2.46. The van der Waals surface area contributed by atoms with Crippen molar-refractivity contribution in [2.75, 3.05) is 13.2 Å². The highest BCUT2D eigenvalue weighted by molar-refractivity contribution is 5.95. The third-order valence-corrected chi connectivity index (χ3v) is 3.01. The smallest absolute Gasteiger partial charge is 0.287 e. The van der Waals surface area contributed by atoms with Gasteiger partial charge in [0.05, 0.1) is 12.4 Å². The van der Waals surface area contributed by atoms with Crippen LogP contribution in [0.4, 0.5) is 0 Å². The molecule has 1 saturated heterocycles. The molecule has 2 heterocycles. The molecule has 2 atom stereocenters. The van der Waals surface area contributed by atoms with Crippen molar-refractivity contribution in [1.82, 2.24) is 10.6 Å². The van der Waals surface area contributed by atoms with E-state index in [2.05, 4.69) is 10.6 Å². The number of hydrogen-bond acceptors (Lipinski definition) is 4. The summed E-state index contributed by atoms with van der Waals surface area (Å²) >= 11 is 0. The predicted octanol–water partition coefficient (Wildman–Crippen LogP) is 0.693. The lowest BCUT2D eigenvalue weighted by Gasteiger charge is -2.15. The zero-order chi connectivity index (χ0) is 13.7. The van der Waals surface area contributed by atoms with Crippen LogP contribution in [-0.4, -0.2) is 37.1 Å². The van der Waals surface area contributed by atoms with Crippen molar-refractivity contribution in [2.45, 2.75) is 31.9 Å². The molecule has 104 valence electrons. The molecule has 6 heteroatoms. The Hall–Kier alpha value is -1.82. The monoisotopic (exact) mass is 266 g/mol. The van der Waals surface area contributed by atoms with Crippen LogP contribution in [0.2, 0.25) is 0 Å². The van der Waals surface area contributed by atoms with Gasteiger partial charge >= 0.3 is 0 Å². The fraction of sp³-hybridized carbons (Fsp3) is 0.538. The summed E-state index contributed by atoms with van der Waals surface area (Å²) in [4.78, 5) is 23.5. The second-order valence-corrected chi connectivity index (χ2v) is 4.55. The summed E-state index contributed by atoms with van der Waals surface area (Å²) in [5, 5.41) is 5.34. The van der Waals surface area contributed by atoms with E-state index in [4.69, 9.17) is 9.15 Å². The molecule has 0 bridgehead atoms. The number of carbonyl (C=O) groups excluding carboxylic acids is 2. The first kappa shape index (κ1) is 13.6. The van der Waals surface area contributed by atoms with Gasteiger partial charge in [-0.2, -0.15) is 0 Å². The molecular weight excluding hydrogens is 248 g/mol. The Labute approximate surface area is 111 Å². The molecule has 1 aliphatic heterocycles. The Balaban J connectivity index is 1.74. The van der Waals surface area contributed by atoms with Crippen molar-refractivity contribution in [2.24, 2.45) is 0 Å². The molecule has 2 rings (SSSR count). The van der Waals surface area contributed by atoms with Gasteiger partial charge in [-0.25, -0.2) is 0 Å². The highest BCUT2D eigenvalue weighted by atomic mass is 16.5. The van der Waals surface area contributed by atoms with Gasteiger partial charge in [-0.05, 0) is 31.9 Å². The van der Waals surface area contributed by atoms with Crippen molar-refractivity contribution >= 4 is 11.8 Å². The molecule has 2 amide bonds. The number of ether oxygens (including phenoxy) is 1. The SMILES string of the molecule is C[C@@H](NC(=O)c1ccco1)C(=O)NC[C@H]1CCCO1. The molecule has 2 N–H and O–H groups in total. The van der Waals surface area contributed by atoms with Gasteiger partial charge < -0.3 is 19.8 Å². The molecule has 1 fully saturated rings. The quantitative estimate of drug-likeness (QED) is 0.821. The summed E-state index contributed by atoms with van der Waals surface area (Å²) in [6.45, 7) is 2.87. The summed E-state index contributed by atoms with van der Waals surface area (Å²) in [5.74, 6) is -0.432. The molecule has 0 aromatic carbocycles. The predicted molar refractivity (Wildman–Crippen MR) is 67.6 cm³/mol. The maximum Gasteiger partial charge on any atom is 0.287 e. The highest BCUT2D eigenvalue weighted by Gasteiger charge is 2.20. The number of nitrogens with one attached hydrogen (secondary N) is 2. The molecule has 19 heavy (non-hydrogen) atoms. The Morgan fingerprint density at radius 2 is 2.37 bits per heavy atom. The van der Waals surface area contributed by atoms with Crippen LogP contribution in [0.3, 0.4) is 0 Å². The first-order valence-electron chi connectivity index (χ1n) is 6.40. The summed E-state index contributed by atoms with van der Waals surface area (Å²) in [5.41, 5.74) is 0. The Morgan fingerprint density at radius 1 is 1.53 bits per heavy atom. The van der Waals surface area contributed by atoms with Gasteiger partial charge in [-0.15, -0.1) is 0 Å². The summed E-state index contributed by atoms with van der Waals surface area (Å²) in [6, 6.07) is 2.56. The number of furan rings is 1. The average molecular weight is 266 g/mol. The third kappa shape index (κ3) is 3.82. The van der Waals surface area contributed by atoms with Crippen molar-refractivity contribution in [3.05, 3.63) is 24.2 Å².